The van der Waals surface area contributed by atoms with Gasteiger partial charge in [0.05, 0.1) is 26.3 Å². The van der Waals surface area contributed by atoms with Crippen LogP contribution in [0.5, 0.6) is 11.8 Å². The molecule has 0 aliphatic rings. The zero-order valence-electron chi connectivity index (χ0n) is 11.6. The number of aromatic nitrogens is 2. The number of benzene rings is 1. The molecule has 2 aromatic rings. The van der Waals surface area contributed by atoms with Crippen molar-refractivity contribution in [2.45, 2.75) is 13.5 Å². The van der Waals surface area contributed by atoms with Crippen molar-refractivity contribution < 1.29 is 13.9 Å². The highest BCUT2D eigenvalue weighted by Gasteiger charge is 2.13. The molecule has 0 saturated carbocycles. The maximum atomic E-state index is 13.5. The van der Waals surface area contributed by atoms with Crippen LogP contribution in [0.15, 0.2) is 24.5 Å². The van der Waals surface area contributed by atoms with Crippen LogP contribution in [0.1, 0.15) is 11.1 Å². The monoisotopic (exact) mass is 277 g/mol. The zero-order chi connectivity index (χ0) is 14.5. The predicted octanol–water partition coefficient (Wildman–Crippen LogP) is 2.55. The summed E-state index contributed by atoms with van der Waals surface area (Å²) in [5.41, 5.74) is 1.95. The summed E-state index contributed by atoms with van der Waals surface area (Å²) in [5, 5.41) is 3.14. The molecule has 0 unspecified atom stereocenters. The highest BCUT2D eigenvalue weighted by atomic mass is 19.1. The van der Waals surface area contributed by atoms with E-state index in [1.54, 1.807) is 19.1 Å². The molecule has 0 aliphatic carbocycles. The summed E-state index contributed by atoms with van der Waals surface area (Å²) in [7, 11) is 3.05. The molecule has 0 spiro atoms. The maximum absolute atomic E-state index is 13.5. The molecule has 6 heteroatoms. The topological polar surface area (TPSA) is 56.3 Å². The number of methoxy groups -OCH3 is 2. The van der Waals surface area contributed by atoms with Crippen LogP contribution < -0.4 is 14.8 Å². The van der Waals surface area contributed by atoms with Crippen LogP contribution in [0.25, 0.3) is 0 Å². The minimum atomic E-state index is -0.252. The van der Waals surface area contributed by atoms with Crippen molar-refractivity contribution in [1.82, 2.24) is 9.97 Å². The van der Waals surface area contributed by atoms with Gasteiger partial charge in [0.15, 0.2) is 0 Å². The van der Waals surface area contributed by atoms with E-state index in [-0.39, 0.29) is 5.82 Å². The summed E-state index contributed by atoms with van der Waals surface area (Å²) in [5.74, 6) is 0.607. The molecular weight excluding hydrogens is 261 g/mol. The molecule has 0 radical (unpaired) electrons. The van der Waals surface area contributed by atoms with Crippen LogP contribution in [0.3, 0.4) is 0 Å². The normalized spacial score (nSPS) is 10.2. The van der Waals surface area contributed by atoms with E-state index in [2.05, 4.69) is 15.3 Å². The third kappa shape index (κ3) is 2.79. The summed E-state index contributed by atoms with van der Waals surface area (Å²) in [6.45, 7) is 2.09. The molecule has 0 aliphatic heterocycles. The van der Waals surface area contributed by atoms with Gasteiger partial charge < -0.3 is 14.8 Å². The number of rotatable bonds is 5. The summed E-state index contributed by atoms with van der Waals surface area (Å²) < 4.78 is 23.9. The molecule has 1 heterocycles. The van der Waals surface area contributed by atoms with E-state index in [0.717, 1.165) is 0 Å². The Balaban J connectivity index is 2.24. The molecule has 0 saturated heterocycles. The Hall–Kier alpha value is -2.37. The second-order valence-electron chi connectivity index (χ2n) is 4.14. The number of ether oxygens (including phenoxy) is 2. The van der Waals surface area contributed by atoms with Crippen LogP contribution in [-0.2, 0) is 6.54 Å². The number of nitrogens with one attached hydrogen (secondary N) is 1. The Morgan fingerprint density at radius 1 is 1.15 bits per heavy atom. The zero-order valence-corrected chi connectivity index (χ0v) is 11.6. The molecule has 106 valence electrons. The summed E-state index contributed by atoms with van der Waals surface area (Å²) in [6.07, 6.45) is 1.37. The van der Waals surface area contributed by atoms with Gasteiger partial charge in [-0.15, -0.1) is 0 Å². The van der Waals surface area contributed by atoms with E-state index in [1.165, 1.54) is 26.6 Å². The molecule has 1 aromatic carbocycles. The van der Waals surface area contributed by atoms with Gasteiger partial charge in [-0.1, -0.05) is 6.07 Å². The Labute approximate surface area is 116 Å². The minimum Gasteiger partial charge on any atom is -0.481 e. The average molecular weight is 277 g/mol. The molecule has 1 aromatic heterocycles. The van der Waals surface area contributed by atoms with Crippen molar-refractivity contribution >= 4 is 5.69 Å². The molecule has 20 heavy (non-hydrogen) atoms. The predicted molar refractivity (Wildman–Crippen MR) is 73.6 cm³/mol. The third-order valence-corrected chi connectivity index (χ3v) is 2.98. The fraction of sp³-hybridized carbons (Fsp3) is 0.286. The molecule has 0 fully saturated rings. The second kappa shape index (κ2) is 6.18. The van der Waals surface area contributed by atoms with E-state index >= 15 is 0 Å². The van der Waals surface area contributed by atoms with Crippen molar-refractivity contribution in [2.24, 2.45) is 0 Å². The van der Waals surface area contributed by atoms with E-state index in [9.17, 15) is 4.39 Å². The minimum absolute atomic E-state index is 0.252. The van der Waals surface area contributed by atoms with Gasteiger partial charge in [0.1, 0.15) is 12.1 Å². The lowest BCUT2D eigenvalue weighted by molar-refractivity contribution is 0.363. The SMILES string of the molecule is COc1ncnc(OC)c1CNc1cccc(F)c1C. The fourth-order valence-corrected chi connectivity index (χ4v) is 1.87. The van der Waals surface area contributed by atoms with Crippen LogP contribution in [-0.4, -0.2) is 24.2 Å². The van der Waals surface area contributed by atoms with Crippen molar-refractivity contribution in [3.8, 4) is 11.8 Å². The largest absolute Gasteiger partial charge is 0.481 e. The van der Waals surface area contributed by atoms with Crippen molar-refractivity contribution in [1.29, 1.82) is 0 Å². The van der Waals surface area contributed by atoms with Gasteiger partial charge in [-0.05, 0) is 19.1 Å². The number of nitrogens with zero attached hydrogens (tertiary/aromatic N) is 2. The first-order chi connectivity index (χ1) is 9.67. The van der Waals surface area contributed by atoms with Crippen molar-refractivity contribution in [3.05, 3.63) is 41.5 Å². The lowest BCUT2D eigenvalue weighted by Gasteiger charge is -2.13. The first kappa shape index (κ1) is 14.0. The van der Waals surface area contributed by atoms with E-state index in [1.807, 2.05) is 0 Å². The van der Waals surface area contributed by atoms with Crippen LogP contribution in [0.4, 0.5) is 10.1 Å². The van der Waals surface area contributed by atoms with E-state index in [0.29, 0.717) is 35.1 Å². The summed E-state index contributed by atoms with van der Waals surface area (Å²) in [4.78, 5) is 8.06. The van der Waals surface area contributed by atoms with Gasteiger partial charge in [-0.2, -0.15) is 0 Å². The molecule has 5 nitrogen and oxygen atoms in total. The smallest absolute Gasteiger partial charge is 0.225 e. The lowest BCUT2D eigenvalue weighted by atomic mass is 10.2. The third-order valence-electron chi connectivity index (χ3n) is 2.98. The quantitative estimate of drug-likeness (QED) is 0.910. The molecule has 2 rings (SSSR count). The van der Waals surface area contributed by atoms with Crippen molar-refractivity contribution in [3.63, 3.8) is 0 Å². The van der Waals surface area contributed by atoms with Gasteiger partial charge >= 0.3 is 0 Å². The molecule has 1 N–H and O–H groups in total. The summed E-state index contributed by atoms with van der Waals surface area (Å²) >= 11 is 0. The Morgan fingerprint density at radius 2 is 1.80 bits per heavy atom. The van der Waals surface area contributed by atoms with Gasteiger partial charge in [0.25, 0.3) is 0 Å². The molecular formula is C14H16FN3O2. The first-order valence-electron chi connectivity index (χ1n) is 6.08. The maximum Gasteiger partial charge on any atom is 0.225 e. The number of hydrogen-bond donors (Lipinski definition) is 1. The molecule has 0 amide bonds. The Bertz CT molecular complexity index is 583. The standard InChI is InChI=1S/C14H16FN3O2/c1-9-11(15)5-4-6-12(9)16-7-10-13(19-2)17-8-18-14(10)20-3/h4-6,8,16H,7H2,1-3H3. The van der Waals surface area contributed by atoms with Crippen LogP contribution >= 0.6 is 0 Å². The van der Waals surface area contributed by atoms with E-state index in [4.69, 9.17) is 9.47 Å². The lowest BCUT2D eigenvalue weighted by Crippen LogP contribution is -2.07. The van der Waals surface area contributed by atoms with E-state index < -0.39 is 0 Å². The highest BCUT2D eigenvalue weighted by Crippen LogP contribution is 2.25. The summed E-state index contributed by atoms with van der Waals surface area (Å²) in [6, 6.07) is 4.88. The van der Waals surface area contributed by atoms with Gasteiger partial charge in [0.2, 0.25) is 11.8 Å². The number of halogens is 1. The average Bonchev–Trinajstić information content (AvgIpc) is 2.48. The molecule has 0 bridgehead atoms. The van der Waals surface area contributed by atoms with Crippen LogP contribution in [0, 0.1) is 12.7 Å². The van der Waals surface area contributed by atoms with Gasteiger partial charge in [-0.3, -0.25) is 0 Å². The van der Waals surface area contributed by atoms with Crippen LogP contribution in [0.2, 0.25) is 0 Å². The second-order valence-corrected chi connectivity index (χ2v) is 4.14. The van der Waals surface area contributed by atoms with Gasteiger partial charge in [0, 0.05) is 11.3 Å². The fourth-order valence-electron chi connectivity index (χ4n) is 1.87. The number of hydrogen-bond acceptors (Lipinski definition) is 5. The number of anilines is 1. The highest BCUT2D eigenvalue weighted by molar-refractivity contribution is 5.52. The molecule has 0 atom stereocenters. The Kier molecular flexibility index (Phi) is 4.34. The van der Waals surface area contributed by atoms with Gasteiger partial charge in [-0.25, -0.2) is 14.4 Å². The first-order valence-corrected chi connectivity index (χ1v) is 6.08. The Morgan fingerprint density at radius 3 is 2.40 bits per heavy atom. The van der Waals surface area contributed by atoms with Crippen molar-refractivity contribution in [2.75, 3.05) is 19.5 Å².